The fourth-order valence-electron chi connectivity index (χ4n) is 4.76. The lowest BCUT2D eigenvalue weighted by molar-refractivity contribution is -0.137. The van der Waals surface area contributed by atoms with Gasteiger partial charge >= 0.3 is 0 Å². The average molecular weight is 522 g/mol. The molecule has 5 N–H and O–H groups in total. The third-order valence-corrected chi connectivity index (χ3v) is 7.00. The number of methoxy groups -OCH3 is 1. The zero-order valence-corrected chi connectivity index (χ0v) is 22.0. The molecule has 3 aromatic rings. The van der Waals surface area contributed by atoms with Crippen LogP contribution in [-0.2, 0) is 9.59 Å². The summed E-state index contributed by atoms with van der Waals surface area (Å²) in [7, 11) is 1.62. The molecule has 4 rings (SSSR count). The van der Waals surface area contributed by atoms with Crippen LogP contribution in [-0.4, -0.2) is 30.9 Å². The Balaban J connectivity index is 0.00000380. The number of carbonyl (C=O) groups excluding carboxylic acids is 2. The molecule has 37 heavy (non-hydrogen) atoms. The molecule has 2 atom stereocenters. The summed E-state index contributed by atoms with van der Waals surface area (Å²) in [6, 6.07) is 26.5. The van der Waals surface area contributed by atoms with E-state index >= 15 is 0 Å². The Morgan fingerprint density at radius 2 is 1.46 bits per heavy atom. The van der Waals surface area contributed by atoms with Crippen molar-refractivity contribution in [3.8, 4) is 5.75 Å². The minimum Gasteiger partial charge on any atom is -0.497 e. The Morgan fingerprint density at radius 1 is 0.919 bits per heavy atom. The summed E-state index contributed by atoms with van der Waals surface area (Å²) in [4.78, 5) is 28.2. The van der Waals surface area contributed by atoms with Gasteiger partial charge in [0.2, 0.25) is 5.91 Å². The first kappa shape index (κ1) is 28.4. The monoisotopic (exact) mass is 521 g/mol. The van der Waals surface area contributed by atoms with Crippen LogP contribution in [0.4, 0.5) is 0 Å². The van der Waals surface area contributed by atoms with Crippen molar-refractivity contribution in [2.45, 2.75) is 43.2 Å². The minimum atomic E-state index is -1.73. The maximum atomic E-state index is 14.3. The molecule has 1 aliphatic carbocycles. The Morgan fingerprint density at radius 3 is 1.92 bits per heavy atom. The van der Waals surface area contributed by atoms with E-state index in [-0.39, 0.29) is 30.7 Å². The van der Waals surface area contributed by atoms with Crippen LogP contribution in [0.25, 0.3) is 0 Å². The molecular formula is C30H36ClN3O3. The van der Waals surface area contributed by atoms with Gasteiger partial charge in [0.25, 0.3) is 0 Å². The van der Waals surface area contributed by atoms with E-state index in [9.17, 15) is 9.59 Å². The molecule has 6 nitrogen and oxygen atoms in total. The second kappa shape index (κ2) is 12.9. The van der Waals surface area contributed by atoms with Crippen molar-refractivity contribution in [1.82, 2.24) is 5.32 Å². The van der Waals surface area contributed by atoms with E-state index in [4.69, 9.17) is 16.2 Å². The number of amides is 1. The molecule has 0 spiro atoms. The van der Waals surface area contributed by atoms with Gasteiger partial charge in [0, 0.05) is 0 Å². The third kappa shape index (κ3) is 6.58. The largest absolute Gasteiger partial charge is 0.497 e. The summed E-state index contributed by atoms with van der Waals surface area (Å²) in [5.74, 6) is -0.378. The van der Waals surface area contributed by atoms with Crippen molar-refractivity contribution in [3.63, 3.8) is 0 Å². The number of nitrogens with two attached hydrogens (primary N) is 2. The Bertz CT molecular complexity index is 1110. The Hall–Kier alpha value is -3.19. The van der Waals surface area contributed by atoms with Gasteiger partial charge in [0.05, 0.1) is 19.1 Å². The molecule has 196 valence electrons. The van der Waals surface area contributed by atoms with Crippen molar-refractivity contribution < 1.29 is 14.3 Å². The van der Waals surface area contributed by atoms with Gasteiger partial charge in [-0.15, -0.1) is 12.4 Å². The lowest BCUT2D eigenvalue weighted by Crippen LogP contribution is -2.61. The third-order valence-electron chi connectivity index (χ3n) is 7.00. The van der Waals surface area contributed by atoms with Gasteiger partial charge in [-0.25, -0.2) is 0 Å². The smallest absolute Gasteiger partial charge is 0.248 e. The van der Waals surface area contributed by atoms with Crippen molar-refractivity contribution >= 4 is 24.1 Å². The van der Waals surface area contributed by atoms with E-state index in [1.807, 2.05) is 84.9 Å². The first-order chi connectivity index (χ1) is 17.5. The molecule has 1 saturated carbocycles. The van der Waals surface area contributed by atoms with E-state index in [2.05, 4.69) is 5.32 Å². The maximum Gasteiger partial charge on any atom is 0.248 e. The fourth-order valence-corrected chi connectivity index (χ4v) is 4.76. The lowest BCUT2D eigenvalue weighted by Gasteiger charge is -2.33. The average Bonchev–Trinajstić information content (AvgIpc) is 3.77. The lowest BCUT2D eigenvalue weighted by atomic mass is 9.76. The maximum absolute atomic E-state index is 14.3. The molecule has 0 unspecified atom stereocenters. The predicted octanol–water partition coefficient (Wildman–Crippen LogP) is 4.52. The molecule has 0 heterocycles. The minimum absolute atomic E-state index is 0. The highest BCUT2D eigenvalue weighted by Crippen LogP contribution is 2.42. The Kier molecular flexibility index (Phi) is 9.86. The van der Waals surface area contributed by atoms with E-state index in [0.717, 1.165) is 35.3 Å². The van der Waals surface area contributed by atoms with Gasteiger partial charge in [-0.1, -0.05) is 72.8 Å². The predicted molar refractivity (Wildman–Crippen MR) is 149 cm³/mol. The van der Waals surface area contributed by atoms with Crippen LogP contribution in [0.3, 0.4) is 0 Å². The van der Waals surface area contributed by atoms with Crippen molar-refractivity contribution in [2.24, 2.45) is 17.4 Å². The van der Waals surface area contributed by atoms with Gasteiger partial charge in [0.1, 0.15) is 5.75 Å². The van der Waals surface area contributed by atoms with Crippen molar-refractivity contribution in [3.05, 3.63) is 102 Å². The number of halogens is 1. The normalized spacial score (nSPS) is 15.2. The molecule has 0 radical (unpaired) electrons. The summed E-state index contributed by atoms with van der Waals surface area (Å²) in [6.45, 7) is 0.339. The first-order valence-corrected chi connectivity index (χ1v) is 12.6. The molecule has 0 bridgehead atoms. The molecular weight excluding hydrogens is 486 g/mol. The molecule has 0 aliphatic heterocycles. The molecule has 1 fully saturated rings. The second-order valence-electron chi connectivity index (χ2n) is 9.54. The standard InChI is InChI=1S/C30H35N3O3.ClH/c1-36-25-17-15-24(16-18-25)27(23-13-14-23)33-29(35)30(32,19-8-20-31)28(34)26(21-9-4-2-5-10-21)22-11-6-3-7-12-22;/h2-7,9-12,15-18,23,26-27H,8,13-14,19-20,31-32H2,1H3,(H,33,35);1H/t27-,30+;/m0./s1. The number of nitrogens with one attached hydrogen (secondary N) is 1. The summed E-state index contributed by atoms with van der Waals surface area (Å²) in [5, 5.41) is 3.15. The SMILES string of the molecule is COc1ccc([C@@H](NC(=O)[C@@](N)(CCCN)C(=O)C(c2ccccc2)c2ccccc2)C2CC2)cc1.Cl. The van der Waals surface area contributed by atoms with Crippen molar-refractivity contribution in [2.75, 3.05) is 13.7 Å². The van der Waals surface area contributed by atoms with Crippen LogP contribution < -0.4 is 21.5 Å². The number of ketones is 1. The highest BCUT2D eigenvalue weighted by atomic mass is 35.5. The van der Waals surface area contributed by atoms with Crippen LogP contribution in [0, 0.1) is 5.92 Å². The molecule has 7 heteroatoms. The molecule has 3 aromatic carbocycles. The number of ether oxygens (including phenoxy) is 1. The molecule has 0 saturated heterocycles. The number of hydrogen-bond donors (Lipinski definition) is 3. The van der Waals surface area contributed by atoms with Gasteiger partial charge in [-0.2, -0.15) is 0 Å². The van der Waals surface area contributed by atoms with Crippen LogP contribution in [0.1, 0.15) is 54.3 Å². The van der Waals surface area contributed by atoms with E-state index in [1.54, 1.807) is 7.11 Å². The number of benzene rings is 3. The number of carbonyl (C=O) groups is 2. The van der Waals surface area contributed by atoms with Crippen LogP contribution in [0.5, 0.6) is 5.75 Å². The fraction of sp³-hybridized carbons (Fsp3) is 0.333. The van der Waals surface area contributed by atoms with Gasteiger partial charge < -0.3 is 21.5 Å². The molecule has 1 amide bonds. The van der Waals surface area contributed by atoms with E-state index in [1.165, 1.54) is 0 Å². The zero-order valence-electron chi connectivity index (χ0n) is 21.1. The molecule has 1 aliphatic rings. The Labute approximate surface area is 225 Å². The number of rotatable bonds is 12. The summed E-state index contributed by atoms with van der Waals surface area (Å²) in [5.41, 5.74) is 13.5. The molecule has 0 aromatic heterocycles. The zero-order chi connectivity index (χ0) is 25.5. The topological polar surface area (TPSA) is 107 Å². The highest BCUT2D eigenvalue weighted by molar-refractivity contribution is 6.14. The summed E-state index contributed by atoms with van der Waals surface area (Å²) in [6.07, 6.45) is 2.66. The number of Topliss-reactive ketones (excluding diaryl/α,β-unsaturated/α-hetero) is 1. The summed E-state index contributed by atoms with van der Waals surface area (Å²) < 4.78 is 5.28. The van der Waals surface area contributed by atoms with Crippen LogP contribution >= 0.6 is 12.4 Å². The van der Waals surface area contributed by atoms with E-state index in [0.29, 0.717) is 18.9 Å². The second-order valence-corrected chi connectivity index (χ2v) is 9.54. The first-order valence-electron chi connectivity index (χ1n) is 12.6. The quantitative estimate of drug-likeness (QED) is 0.304. The van der Waals surface area contributed by atoms with Gasteiger partial charge in [-0.3, -0.25) is 9.59 Å². The highest BCUT2D eigenvalue weighted by Gasteiger charge is 2.47. The van der Waals surface area contributed by atoms with Gasteiger partial charge in [0.15, 0.2) is 11.3 Å². The van der Waals surface area contributed by atoms with E-state index < -0.39 is 17.4 Å². The van der Waals surface area contributed by atoms with Crippen LogP contribution in [0.2, 0.25) is 0 Å². The van der Waals surface area contributed by atoms with Crippen LogP contribution in [0.15, 0.2) is 84.9 Å². The van der Waals surface area contributed by atoms with Crippen molar-refractivity contribution in [1.29, 1.82) is 0 Å². The number of hydrogen-bond acceptors (Lipinski definition) is 5. The van der Waals surface area contributed by atoms with Gasteiger partial charge in [-0.05, 0) is 67.0 Å². The summed E-state index contributed by atoms with van der Waals surface area (Å²) >= 11 is 0.